The molecule has 1 amide bonds. The highest BCUT2D eigenvalue weighted by Gasteiger charge is 2.19. The molecule has 3 aromatic rings. The third-order valence-corrected chi connectivity index (χ3v) is 4.31. The van der Waals surface area contributed by atoms with E-state index in [4.69, 9.17) is 19.6 Å². The van der Waals surface area contributed by atoms with Crippen LogP contribution in [0.1, 0.15) is 0 Å². The summed E-state index contributed by atoms with van der Waals surface area (Å²) in [5.41, 5.74) is 2.05. The highest BCUT2D eigenvalue weighted by atomic mass is 16.6. The van der Waals surface area contributed by atoms with E-state index in [1.807, 2.05) is 12.1 Å². The molecule has 1 aliphatic rings. The maximum Gasteiger partial charge on any atom is 0.411 e. The van der Waals surface area contributed by atoms with Crippen molar-refractivity contribution in [3.05, 3.63) is 30.5 Å². The number of aliphatic hydroxyl groups excluding tert-OH is 1. The van der Waals surface area contributed by atoms with Gasteiger partial charge in [0.1, 0.15) is 12.4 Å². The minimum absolute atomic E-state index is 0.0493. The number of benzene rings is 1. The summed E-state index contributed by atoms with van der Waals surface area (Å²) in [4.78, 5) is 23.1. The van der Waals surface area contributed by atoms with E-state index in [0.29, 0.717) is 30.4 Å². The summed E-state index contributed by atoms with van der Waals surface area (Å²) in [5.74, 6) is 1.39. The number of morpholine rings is 1. The molecule has 10 nitrogen and oxygen atoms in total. The molecule has 28 heavy (non-hydrogen) atoms. The molecule has 1 aliphatic heterocycles. The number of aromatic nitrogens is 4. The molecule has 0 unspecified atom stereocenters. The summed E-state index contributed by atoms with van der Waals surface area (Å²) in [6.45, 7) is 2.57. The predicted octanol–water partition coefficient (Wildman–Crippen LogP) is 1.40. The monoisotopic (exact) mass is 384 g/mol. The summed E-state index contributed by atoms with van der Waals surface area (Å²) < 4.78 is 10.2. The van der Waals surface area contributed by atoms with Crippen LogP contribution in [0.3, 0.4) is 0 Å². The van der Waals surface area contributed by atoms with Gasteiger partial charge < -0.3 is 19.5 Å². The fraction of sp³-hybridized carbons (Fsp3) is 0.333. The SMILES string of the molecule is O=C(Nc1ccc(-c2nc(N3CCOCC3)c3cn[nH]c3n2)cc1)OCCO. The Kier molecular flexibility index (Phi) is 5.31. The van der Waals surface area contributed by atoms with Crippen molar-refractivity contribution in [3.63, 3.8) is 0 Å². The Morgan fingerprint density at radius 3 is 2.79 bits per heavy atom. The van der Waals surface area contributed by atoms with E-state index in [1.54, 1.807) is 18.3 Å². The lowest BCUT2D eigenvalue weighted by molar-refractivity contribution is 0.122. The number of fused-ring (bicyclic) bond motifs is 1. The summed E-state index contributed by atoms with van der Waals surface area (Å²) in [7, 11) is 0. The Hall–Kier alpha value is -3.24. The number of hydrogen-bond acceptors (Lipinski definition) is 8. The maximum atomic E-state index is 11.6. The molecule has 10 heteroatoms. The fourth-order valence-corrected chi connectivity index (χ4v) is 2.96. The van der Waals surface area contributed by atoms with Crippen molar-refractivity contribution in [2.24, 2.45) is 0 Å². The van der Waals surface area contributed by atoms with E-state index in [-0.39, 0.29) is 13.2 Å². The van der Waals surface area contributed by atoms with Crippen molar-refractivity contribution in [2.75, 3.05) is 49.7 Å². The van der Waals surface area contributed by atoms with E-state index < -0.39 is 6.09 Å². The van der Waals surface area contributed by atoms with Gasteiger partial charge in [0.2, 0.25) is 0 Å². The average Bonchev–Trinajstić information content (AvgIpc) is 3.21. The third-order valence-electron chi connectivity index (χ3n) is 4.31. The minimum atomic E-state index is -0.619. The zero-order chi connectivity index (χ0) is 19.3. The summed E-state index contributed by atoms with van der Waals surface area (Å²) in [6.07, 6.45) is 1.11. The Morgan fingerprint density at radius 1 is 1.25 bits per heavy atom. The van der Waals surface area contributed by atoms with Gasteiger partial charge in [-0.05, 0) is 24.3 Å². The Morgan fingerprint density at radius 2 is 2.04 bits per heavy atom. The van der Waals surface area contributed by atoms with Crippen molar-refractivity contribution in [2.45, 2.75) is 0 Å². The number of nitrogens with zero attached hydrogens (tertiary/aromatic N) is 4. The van der Waals surface area contributed by atoms with Crippen LogP contribution in [0.25, 0.3) is 22.4 Å². The number of aliphatic hydroxyl groups is 1. The number of amides is 1. The van der Waals surface area contributed by atoms with Gasteiger partial charge in [0, 0.05) is 24.3 Å². The Bertz CT molecular complexity index is 952. The molecule has 0 radical (unpaired) electrons. The zero-order valence-electron chi connectivity index (χ0n) is 15.1. The molecule has 3 heterocycles. The first-order valence-electron chi connectivity index (χ1n) is 8.93. The van der Waals surface area contributed by atoms with Crippen LogP contribution < -0.4 is 10.2 Å². The van der Waals surface area contributed by atoms with Gasteiger partial charge in [-0.3, -0.25) is 10.4 Å². The number of hydrogen-bond donors (Lipinski definition) is 3. The molecule has 4 rings (SSSR count). The third kappa shape index (κ3) is 3.87. The molecule has 0 saturated carbocycles. The smallest absolute Gasteiger partial charge is 0.411 e. The molecular formula is C18H20N6O4. The van der Waals surface area contributed by atoms with Crippen molar-refractivity contribution < 1.29 is 19.4 Å². The second-order valence-electron chi connectivity index (χ2n) is 6.16. The molecule has 2 aromatic heterocycles. The van der Waals surface area contributed by atoms with E-state index in [2.05, 4.69) is 25.4 Å². The number of ether oxygens (including phenoxy) is 2. The van der Waals surface area contributed by atoms with Crippen LogP contribution in [0.5, 0.6) is 0 Å². The number of carbonyl (C=O) groups excluding carboxylic acids is 1. The first-order valence-corrected chi connectivity index (χ1v) is 8.93. The van der Waals surface area contributed by atoms with Crippen LogP contribution >= 0.6 is 0 Å². The minimum Gasteiger partial charge on any atom is -0.447 e. The number of nitrogens with one attached hydrogen (secondary N) is 2. The second-order valence-corrected chi connectivity index (χ2v) is 6.16. The number of rotatable bonds is 5. The Labute approximate surface area is 160 Å². The van der Waals surface area contributed by atoms with Crippen LogP contribution in [-0.2, 0) is 9.47 Å². The molecule has 0 aliphatic carbocycles. The van der Waals surface area contributed by atoms with Gasteiger partial charge in [0.25, 0.3) is 0 Å². The molecule has 3 N–H and O–H groups in total. The van der Waals surface area contributed by atoms with Gasteiger partial charge in [-0.2, -0.15) is 5.10 Å². The van der Waals surface area contributed by atoms with Crippen LogP contribution in [0.2, 0.25) is 0 Å². The highest BCUT2D eigenvalue weighted by Crippen LogP contribution is 2.27. The highest BCUT2D eigenvalue weighted by molar-refractivity contribution is 5.88. The lowest BCUT2D eigenvalue weighted by atomic mass is 10.2. The fourth-order valence-electron chi connectivity index (χ4n) is 2.96. The molecule has 146 valence electrons. The first kappa shape index (κ1) is 18.1. The van der Waals surface area contributed by atoms with E-state index in [1.165, 1.54) is 0 Å². The van der Waals surface area contributed by atoms with Gasteiger partial charge in [0.15, 0.2) is 11.5 Å². The van der Waals surface area contributed by atoms with Crippen molar-refractivity contribution >= 4 is 28.6 Å². The average molecular weight is 384 g/mol. The lowest BCUT2D eigenvalue weighted by Gasteiger charge is -2.28. The second kappa shape index (κ2) is 8.19. The first-order chi connectivity index (χ1) is 13.7. The van der Waals surface area contributed by atoms with E-state index in [0.717, 1.165) is 29.9 Å². The van der Waals surface area contributed by atoms with Crippen LogP contribution in [-0.4, -0.2) is 70.9 Å². The van der Waals surface area contributed by atoms with Crippen molar-refractivity contribution in [1.82, 2.24) is 20.2 Å². The van der Waals surface area contributed by atoms with Gasteiger partial charge in [0.05, 0.1) is 31.4 Å². The summed E-state index contributed by atoms with van der Waals surface area (Å²) >= 11 is 0. The topological polar surface area (TPSA) is 125 Å². The van der Waals surface area contributed by atoms with Gasteiger partial charge in [-0.15, -0.1) is 0 Å². The number of aromatic amines is 1. The van der Waals surface area contributed by atoms with Crippen molar-refractivity contribution in [1.29, 1.82) is 0 Å². The lowest BCUT2D eigenvalue weighted by Crippen LogP contribution is -2.37. The molecule has 1 saturated heterocycles. The molecule has 0 spiro atoms. The predicted molar refractivity (Wildman–Crippen MR) is 102 cm³/mol. The molecule has 0 atom stereocenters. The normalized spacial score (nSPS) is 14.2. The van der Waals surface area contributed by atoms with Gasteiger partial charge in [-0.25, -0.2) is 14.8 Å². The van der Waals surface area contributed by atoms with Crippen molar-refractivity contribution in [3.8, 4) is 11.4 Å². The van der Waals surface area contributed by atoms with E-state index in [9.17, 15) is 4.79 Å². The quantitative estimate of drug-likeness (QED) is 0.603. The molecule has 0 bridgehead atoms. The van der Waals surface area contributed by atoms with Gasteiger partial charge >= 0.3 is 6.09 Å². The van der Waals surface area contributed by atoms with Crippen LogP contribution in [0.4, 0.5) is 16.3 Å². The molecule has 1 fully saturated rings. The largest absolute Gasteiger partial charge is 0.447 e. The molecule has 1 aromatic carbocycles. The molecular weight excluding hydrogens is 364 g/mol. The van der Waals surface area contributed by atoms with Crippen LogP contribution in [0.15, 0.2) is 30.5 Å². The van der Waals surface area contributed by atoms with Crippen LogP contribution in [0, 0.1) is 0 Å². The number of H-pyrrole nitrogens is 1. The number of anilines is 2. The summed E-state index contributed by atoms with van der Waals surface area (Å²) in [5, 5.41) is 19.2. The Balaban J connectivity index is 1.59. The maximum absolute atomic E-state index is 11.6. The standard InChI is InChI=1S/C18H20N6O4/c25-7-10-28-18(26)20-13-3-1-12(2-4-13)15-21-16-14(11-19-23-16)17(22-15)24-5-8-27-9-6-24/h1-4,11,25H,5-10H2,(H,20,26)(H,19,21,22,23). The van der Waals surface area contributed by atoms with E-state index >= 15 is 0 Å². The zero-order valence-corrected chi connectivity index (χ0v) is 15.1. The summed E-state index contributed by atoms with van der Waals surface area (Å²) in [6, 6.07) is 7.12. The number of carbonyl (C=O) groups is 1. The van der Waals surface area contributed by atoms with Gasteiger partial charge in [-0.1, -0.05) is 0 Å².